The maximum atomic E-state index is 11.9. The van der Waals surface area contributed by atoms with Crippen LogP contribution in [0.4, 0.5) is 11.4 Å². The average Bonchev–Trinajstić information content (AvgIpc) is 3.82. The van der Waals surface area contributed by atoms with Gasteiger partial charge in [-0.05, 0) is 128 Å². The predicted molar refractivity (Wildman–Crippen MR) is 272 cm³/mol. The first-order chi connectivity index (χ1) is 32.4. The molecule has 0 aromatic heterocycles. The maximum absolute atomic E-state index is 11.9. The van der Waals surface area contributed by atoms with E-state index in [0.29, 0.717) is 5.75 Å². The van der Waals surface area contributed by atoms with Crippen molar-refractivity contribution in [1.29, 1.82) is 0 Å². The Bertz CT molecular complexity index is 3300. The summed E-state index contributed by atoms with van der Waals surface area (Å²) < 4.78 is 0. The molecule has 0 heterocycles. The van der Waals surface area contributed by atoms with Crippen molar-refractivity contribution in [2.45, 2.75) is 43.4 Å². The summed E-state index contributed by atoms with van der Waals surface area (Å²) in [4.78, 5) is 2.48. The van der Waals surface area contributed by atoms with Crippen molar-refractivity contribution < 1.29 is 5.11 Å². The highest BCUT2D eigenvalue weighted by atomic mass is 16.3. The van der Waals surface area contributed by atoms with Crippen molar-refractivity contribution in [2.24, 2.45) is 5.92 Å². The second kappa shape index (κ2) is 15.7. The summed E-state index contributed by atoms with van der Waals surface area (Å²) in [6, 6.07) is 70.4. The molecule has 0 bridgehead atoms. The van der Waals surface area contributed by atoms with Crippen LogP contribution < -0.4 is 4.90 Å². The van der Waals surface area contributed by atoms with Crippen LogP contribution in [0.2, 0.25) is 0 Å². The molecule has 316 valence electrons. The number of rotatable bonds is 8. The Morgan fingerprint density at radius 3 is 2.08 bits per heavy atom. The third-order valence-corrected chi connectivity index (χ3v) is 14.8. The van der Waals surface area contributed by atoms with Crippen LogP contribution in [0.1, 0.15) is 66.0 Å². The van der Waals surface area contributed by atoms with Gasteiger partial charge in [-0.2, -0.15) is 0 Å². The van der Waals surface area contributed by atoms with Crippen LogP contribution in [0.3, 0.4) is 0 Å². The second-order valence-electron chi connectivity index (χ2n) is 18.7. The Balaban J connectivity index is 1.03. The van der Waals surface area contributed by atoms with Gasteiger partial charge in [0.15, 0.2) is 0 Å². The number of anilines is 2. The minimum absolute atomic E-state index is 0.0527. The molecule has 4 aliphatic carbocycles. The summed E-state index contributed by atoms with van der Waals surface area (Å²) in [6.07, 6.45) is 17.8. The first-order valence-corrected chi connectivity index (χ1v) is 23.3. The Morgan fingerprint density at radius 1 is 0.591 bits per heavy atom. The zero-order valence-electron chi connectivity index (χ0n) is 37.2. The molecule has 2 nitrogen and oxygen atoms in total. The molecule has 4 aliphatic rings. The van der Waals surface area contributed by atoms with Gasteiger partial charge in [0.2, 0.25) is 0 Å². The zero-order chi connectivity index (χ0) is 44.4. The zero-order valence-corrected chi connectivity index (χ0v) is 37.2. The van der Waals surface area contributed by atoms with Crippen LogP contribution in [0, 0.1) is 18.1 Å². The highest BCUT2D eigenvalue weighted by Gasteiger charge is 2.52. The first kappa shape index (κ1) is 39.7. The van der Waals surface area contributed by atoms with Gasteiger partial charge in [-0.15, -0.1) is 0 Å². The van der Waals surface area contributed by atoms with Crippen molar-refractivity contribution in [3.63, 3.8) is 0 Å². The van der Waals surface area contributed by atoms with E-state index in [4.69, 9.17) is 0 Å². The number of aromatic hydroxyl groups is 1. The molecule has 0 radical (unpaired) electrons. The normalized spacial score (nSPS) is 19.3. The van der Waals surface area contributed by atoms with E-state index in [1.165, 1.54) is 61.2 Å². The van der Waals surface area contributed by atoms with Crippen molar-refractivity contribution in [3.8, 4) is 50.3 Å². The number of phenols is 1. The molecular formula is C64H49NO. The van der Waals surface area contributed by atoms with Crippen LogP contribution in [0.15, 0.2) is 224 Å². The fourth-order valence-electron chi connectivity index (χ4n) is 11.8. The molecule has 0 saturated heterocycles. The summed E-state index contributed by atoms with van der Waals surface area (Å²) in [5, 5.41) is 11.9. The van der Waals surface area contributed by atoms with Gasteiger partial charge in [-0.25, -0.2) is 0 Å². The molecule has 66 heavy (non-hydrogen) atoms. The SMILES string of the molecule is CC1(C)c2ccccc2-c2ccc(N(C3=CCC(c4ccc(O)c5c4C(c4c#cccc4)(C4C=CC=CC4)c4ccccc4-5)C=C3)c3ccc(-c4ccccc4)cc3-c3ccccc3)cc21. The highest BCUT2D eigenvalue weighted by molar-refractivity contribution is 5.92. The quantitative estimate of drug-likeness (QED) is 0.165. The summed E-state index contributed by atoms with van der Waals surface area (Å²) in [7, 11) is 0. The van der Waals surface area contributed by atoms with Crippen molar-refractivity contribution in [2.75, 3.05) is 4.90 Å². The van der Waals surface area contributed by atoms with E-state index in [1.54, 1.807) is 0 Å². The minimum atomic E-state index is -0.581. The number of nitrogens with zero attached hydrogens (tertiary/aromatic N) is 1. The van der Waals surface area contributed by atoms with Gasteiger partial charge >= 0.3 is 0 Å². The topological polar surface area (TPSA) is 23.5 Å². The molecule has 0 aliphatic heterocycles. The lowest BCUT2D eigenvalue weighted by Gasteiger charge is -2.40. The predicted octanol–water partition coefficient (Wildman–Crippen LogP) is 15.8. The summed E-state index contributed by atoms with van der Waals surface area (Å²) in [5.74, 6) is 0.476. The third kappa shape index (κ3) is 6.11. The smallest absolute Gasteiger partial charge is 0.123 e. The Labute approximate surface area is 388 Å². The largest absolute Gasteiger partial charge is 0.507 e. The minimum Gasteiger partial charge on any atom is -0.507 e. The van der Waals surface area contributed by atoms with E-state index in [1.807, 2.05) is 12.1 Å². The number of fused-ring (bicyclic) bond motifs is 6. The summed E-state index contributed by atoms with van der Waals surface area (Å²) >= 11 is 0. The van der Waals surface area contributed by atoms with E-state index < -0.39 is 5.41 Å². The van der Waals surface area contributed by atoms with Crippen LogP contribution in [0.25, 0.3) is 44.5 Å². The monoisotopic (exact) mass is 847 g/mol. The van der Waals surface area contributed by atoms with Crippen LogP contribution in [-0.4, -0.2) is 5.11 Å². The summed E-state index contributed by atoms with van der Waals surface area (Å²) in [5.41, 5.74) is 19.4. The molecule has 3 atom stereocenters. The molecular weight excluding hydrogens is 799 g/mol. The average molecular weight is 848 g/mol. The number of benzene rings is 7. The maximum Gasteiger partial charge on any atom is 0.123 e. The van der Waals surface area contributed by atoms with Gasteiger partial charge in [0.05, 0.1) is 11.1 Å². The molecule has 12 rings (SSSR count). The van der Waals surface area contributed by atoms with E-state index in [0.717, 1.165) is 46.6 Å². The molecule has 0 spiro atoms. The molecule has 0 fully saturated rings. The second-order valence-corrected chi connectivity index (χ2v) is 18.7. The first-order valence-electron chi connectivity index (χ1n) is 23.3. The van der Waals surface area contributed by atoms with Crippen LogP contribution in [0.5, 0.6) is 5.75 Å². The standard InChI is InChI=1S/C64H49NO/c1-63(2)56-29-17-15-27-52(56)53-37-36-50(42-58(53)63)65(59-39-33-46(43-19-7-3-8-20-43)41-55(59)44-21-9-4-10-22-44)49-34-31-45(32-35-49)51-38-40-60(66)61-54-28-16-18-30-57(54)64(62(51)61,47-23-11-5-12-24-47)48-25-13-6-14-26-48/h3-13,15-23,25,27-31,33-42,45,47,66H,24,32H2,1-2H3. The molecule has 0 saturated carbocycles. The van der Waals surface area contributed by atoms with Crippen LogP contribution >= 0.6 is 0 Å². The molecule has 2 heteroatoms. The fourth-order valence-corrected chi connectivity index (χ4v) is 11.8. The van der Waals surface area contributed by atoms with Gasteiger partial charge in [0.1, 0.15) is 5.75 Å². The van der Waals surface area contributed by atoms with Crippen LogP contribution in [-0.2, 0) is 10.8 Å². The van der Waals surface area contributed by atoms with E-state index in [-0.39, 0.29) is 17.3 Å². The molecule has 8 aromatic rings. The Kier molecular flexibility index (Phi) is 9.44. The van der Waals surface area contributed by atoms with Crippen molar-refractivity contribution in [3.05, 3.63) is 270 Å². The number of hydrogen-bond acceptors (Lipinski definition) is 2. The van der Waals surface area contributed by atoms with Gasteiger partial charge in [-0.1, -0.05) is 196 Å². The highest BCUT2D eigenvalue weighted by Crippen LogP contribution is 2.62. The molecule has 8 aromatic carbocycles. The van der Waals surface area contributed by atoms with Crippen molar-refractivity contribution >= 4 is 11.4 Å². The van der Waals surface area contributed by atoms with E-state index in [9.17, 15) is 5.11 Å². The lowest BCUT2D eigenvalue weighted by Crippen LogP contribution is -2.36. The van der Waals surface area contributed by atoms with Gasteiger partial charge in [0.25, 0.3) is 0 Å². The Morgan fingerprint density at radius 2 is 1.33 bits per heavy atom. The lowest BCUT2D eigenvalue weighted by molar-refractivity contribution is 0.448. The van der Waals surface area contributed by atoms with Gasteiger partial charge in [-0.3, -0.25) is 0 Å². The fraction of sp³-hybridized carbons (Fsp3) is 0.125. The summed E-state index contributed by atoms with van der Waals surface area (Å²) in [6.45, 7) is 4.72. The molecule has 1 N–H and O–H groups in total. The van der Waals surface area contributed by atoms with E-state index >= 15 is 0 Å². The number of phenolic OH excluding ortho intramolecular Hbond substituents is 1. The Hall–Kier alpha value is -7.86. The van der Waals surface area contributed by atoms with E-state index in [2.05, 4.69) is 237 Å². The molecule has 0 amide bonds. The third-order valence-electron chi connectivity index (χ3n) is 14.8. The van der Waals surface area contributed by atoms with Crippen molar-refractivity contribution in [1.82, 2.24) is 0 Å². The number of allylic oxidation sites excluding steroid dienone is 7. The number of hydrogen-bond donors (Lipinski definition) is 1. The lowest BCUT2D eigenvalue weighted by atomic mass is 9.61. The van der Waals surface area contributed by atoms with Gasteiger partial charge < -0.3 is 10.0 Å². The van der Waals surface area contributed by atoms with Gasteiger partial charge in [0, 0.05) is 39.4 Å². The molecule has 3 unspecified atom stereocenters.